The number of hydrogen-bond donors (Lipinski definition) is 1. The second-order valence-electron chi connectivity index (χ2n) is 6.28. The highest BCUT2D eigenvalue weighted by Gasteiger charge is 2.25. The van der Waals surface area contributed by atoms with Crippen LogP contribution in [0.25, 0.3) is 10.6 Å². The lowest BCUT2D eigenvalue weighted by molar-refractivity contribution is 0.0693. The molecule has 0 radical (unpaired) electrons. The molecule has 3 heterocycles. The quantitative estimate of drug-likeness (QED) is 0.912. The fraction of sp³-hybridized carbons (Fsp3) is 0.444. The number of aromatic nitrogens is 1. The van der Waals surface area contributed by atoms with Crippen LogP contribution in [0, 0.1) is 0 Å². The number of amides is 1. The fourth-order valence-corrected chi connectivity index (χ4v) is 4.03. The minimum atomic E-state index is 0.0139. The van der Waals surface area contributed by atoms with Crippen LogP contribution in [-0.2, 0) is 0 Å². The third kappa shape index (κ3) is 3.34. The molecule has 6 nitrogen and oxygen atoms in total. The maximum atomic E-state index is 12.7. The van der Waals surface area contributed by atoms with E-state index in [1.807, 2.05) is 35.5 Å². The summed E-state index contributed by atoms with van der Waals surface area (Å²) >= 11 is 1.48. The van der Waals surface area contributed by atoms with Gasteiger partial charge in [-0.25, -0.2) is 4.98 Å². The Labute approximate surface area is 150 Å². The number of likely N-dealkylation sites (tertiary alicyclic amines) is 1. The minimum absolute atomic E-state index is 0.0139. The highest BCUT2D eigenvalue weighted by molar-refractivity contribution is 7.13. The summed E-state index contributed by atoms with van der Waals surface area (Å²) in [5, 5.41) is 5.93. The first-order chi connectivity index (χ1) is 12.2. The molecule has 0 spiro atoms. The third-order valence-corrected chi connectivity index (χ3v) is 5.52. The van der Waals surface area contributed by atoms with Crippen LogP contribution in [0.1, 0.15) is 23.3 Å². The van der Waals surface area contributed by atoms with E-state index in [9.17, 15) is 4.79 Å². The van der Waals surface area contributed by atoms with Crippen LogP contribution >= 0.6 is 11.3 Å². The van der Waals surface area contributed by atoms with Gasteiger partial charge in [-0.05, 0) is 38.1 Å². The van der Waals surface area contributed by atoms with E-state index in [2.05, 4.69) is 10.3 Å². The zero-order chi connectivity index (χ0) is 17.2. The smallest absolute Gasteiger partial charge is 0.273 e. The number of nitrogens with one attached hydrogen (secondary N) is 1. The number of fused-ring (bicyclic) bond motifs is 1. The molecule has 1 fully saturated rings. The Balaban J connectivity index is 1.53. The summed E-state index contributed by atoms with van der Waals surface area (Å²) in [5.41, 5.74) is 1.46. The lowest BCUT2D eigenvalue weighted by Crippen LogP contribution is -2.47. The van der Waals surface area contributed by atoms with Gasteiger partial charge in [0.2, 0.25) is 0 Å². The number of rotatable bonds is 3. The van der Waals surface area contributed by atoms with Gasteiger partial charge in [0.05, 0.1) is 0 Å². The van der Waals surface area contributed by atoms with Crippen molar-refractivity contribution in [1.82, 2.24) is 15.2 Å². The van der Waals surface area contributed by atoms with Gasteiger partial charge < -0.3 is 19.7 Å². The average molecular weight is 359 g/mol. The molecule has 1 N–H and O–H groups in total. The molecule has 1 unspecified atom stereocenters. The van der Waals surface area contributed by atoms with Gasteiger partial charge in [0, 0.05) is 30.1 Å². The van der Waals surface area contributed by atoms with E-state index in [1.54, 1.807) is 0 Å². The summed E-state index contributed by atoms with van der Waals surface area (Å²) in [6.07, 6.45) is 2.14. The predicted molar refractivity (Wildman–Crippen MR) is 96.5 cm³/mol. The van der Waals surface area contributed by atoms with Crippen molar-refractivity contribution in [3.8, 4) is 22.1 Å². The predicted octanol–water partition coefficient (Wildman–Crippen LogP) is 2.41. The van der Waals surface area contributed by atoms with Crippen LogP contribution in [0.3, 0.4) is 0 Å². The van der Waals surface area contributed by atoms with Crippen molar-refractivity contribution >= 4 is 17.2 Å². The van der Waals surface area contributed by atoms with Crippen LogP contribution in [-0.4, -0.2) is 55.2 Å². The number of ether oxygens (including phenoxy) is 2. The largest absolute Gasteiger partial charge is 0.486 e. The normalized spacial score (nSPS) is 19.7. The molecular weight excluding hydrogens is 338 g/mol. The maximum Gasteiger partial charge on any atom is 0.273 e. The fourth-order valence-electron chi connectivity index (χ4n) is 3.24. The molecule has 0 saturated carbocycles. The molecule has 0 bridgehead atoms. The number of nitrogens with zero attached hydrogens (tertiary/aromatic N) is 2. The Bertz CT molecular complexity index is 777. The van der Waals surface area contributed by atoms with Gasteiger partial charge >= 0.3 is 0 Å². The molecule has 1 amide bonds. The summed E-state index contributed by atoms with van der Waals surface area (Å²) < 4.78 is 11.2. The molecule has 7 heteroatoms. The summed E-state index contributed by atoms with van der Waals surface area (Å²) in [4.78, 5) is 19.2. The lowest BCUT2D eigenvalue weighted by Gasteiger charge is -2.32. The Hall–Kier alpha value is -2.12. The number of carbonyl (C=O) groups is 1. The zero-order valence-electron chi connectivity index (χ0n) is 14.2. The monoisotopic (exact) mass is 359 g/mol. The standard InChI is InChI=1S/C18H21N3O3S/c1-19-13-3-2-6-21(10-13)18(22)14-11-25-17(20-14)12-4-5-15-16(9-12)24-8-7-23-15/h4-5,9,11,13,19H,2-3,6-8,10H2,1H3. The van der Waals surface area contributed by atoms with Crippen molar-refractivity contribution in [3.05, 3.63) is 29.3 Å². The van der Waals surface area contributed by atoms with Crippen LogP contribution in [0.5, 0.6) is 11.5 Å². The third-order valence-electron chi connectivity index (χ3n) is 4.63. The van der Waals surface area contributed by atoms with Crippen molar-refractivity contribution in [1.29, 1.82) is 0 Å². The Kier molecular flexibility index (Phi) is 4.59. The van der Waals surface area contributed by atoms with Crippen LogP contribution in [0.2, 0.25) is 0 Å². The molecule has 1 atom stereocenters. The van der Waals surface area contributed by atoms with Gasteiger partial charge in [0.25, 0.3) is 5.91 Å². The van der Waals surface area contributed by atoms with Gasteiger partial charge in [-0.1, -0.05) is 0 Å². The van der Waals surface area contributed by atoms with Crippen LogP contribution in [0.4, 0.5) is 0 Å². The molecule has 0 aliphatic carbocycles. The molecular formula is C18H21N3O3S. The van der Waals surface area contributed by atoms with Crippen molar-refractivity contribution in [2.24, 2.45) is 0 Å². The topological polar surface area (TPSA) is 63.7 Å². The number of benzene rings is 1. The molecule has 1 aromatic heterocycles. The first kappa shape index (κ1) is 16.4. The van der Waals surface area contributed by atoms with E-state index in [-0.39, 0.29) is 5.91 Å². The van der Waals surface area contributed by atoms with Crippen molar-refractivity contribution in [2.45, 2.75) is 18.9 Å². The van der Waals surface area contributed by atoms with Gasteiger partial charge in [-0.15, -0.1) is 11.3 Å². The summed E-state index contributed by atoms with van der Waals surface area (Å²) in [7, 11) is 1.95. The highest BCUT2D eigenvalue weighted by Crippen LogP contribution is 2.35. The number of thiazole rings is 1. The van der Waals surface area contributed by atoms with E-state index in [0.29, 0.717) is 24.9 Å². The number of piperidine rings is 1. The van der Waals surface area contributed by atoms with E-state index in [1.165, 1.54) is 11.3 Å². The average Bonchev–Trinajstić information content (AvgIpc) is 3.17. The molecule has 2 aromatic rings. The van der Waals surface area contributed by atoms with Gasteiger partial charge in [-0.2, -0.15) is 0 Å². The molecule has 25 heavy (non-hydrogen) atoms. The van der Waals surface area contributed by atoms with Gasteiger partial charge in [-0.3, -0.25) is 4.79 Å². The van der Waals surface area contributed by atoms with Crippen molar-refractivity contribution in [2.75, 3.05) is 33.4 Å². The molecule has 132 valence electrons. The molecule has 1 saturated heterocycles. The number of likely N-dealkylation sites (N-methyl/N-ethyl adjacent to an activating group) is 1. The van der Waals surface area contributed by atoms with E-state index in [0.717, 1.165) is 48.0 Å². The van der Waals surface area contributed by atoms with Gasteiger partial charge in [0.1, 0.15) is 23.9 Å². The molecule has 2 aliphatic heterocycles. The minimum Gasteiger partial charge on any atom is -0.486 e. The Morgan fingerprint density at radius 2 is 2.16 bits per heavy atom. The van der Waals surface area contributed by atoms with Crippen LogP contribution < -0.4 is 14.8 Å². The lowest BCUT2D eigenvalue weighted by atomic mass is 10.1. The first-order valence-electron chi connectivity index (χ1n) is 8.56. The second kappa shape index (κ2) is 7.01. The Morgan fingerprint density at radius 1 is 1.32 bits per heavy atom. The summed E-state index contributed by atoms with van der Waals surface area (Å²) in [6.45, 7) is 2.67. The SMILES string of the molecule is CNC1CCCN(C(=O)c2csc(-c3ccc4c(c3)OCCO4)n2)C1. The molecule has 4 rings (SSSR count). The highest BCUT2D eigenvalue weighted by atomic mass is 32.1. The van der Waals surface area contributed by atoms with E-state index < -0.39 is 0 Å². The molecule has 2 aliphatic rings. The number of hydrogen-bond acceptors (Lipinski definition) is 6. The first-order valence-corrected chi connectivity index (χ1v) is 9.44. The Morgan fingerprint density at radius 3 is 3.00 bits per heavy atom. The maximum absolute atomic E-state index is 12.7. The zero-order valence-corrected chi connectivity index (χ0v) is 15.0. The van der Waals surface area contributed by atoms with Crippen molar-refractivity contribution in [3.63, 3.8) is 0 Å². The van der Waals surface area contributed by atoms with E-state index in [4.69, 9.17) is 9.47 Å². The number of carbonyl (C=O) groups excluding carboxylic acids is 1. The van der Waals surface area contributed by atoms with E-state index >= 15 is 0 Å². The second-order valence-corrected chi connectivity index (χ2v) is 7.13. The summed E-state index contributed by atoms with van der Waals surface area (Å²) in [5.74, 6) is 1.51. The summed E-state index contributed by atoms with van der Waals surface area (Å²) in [6, 6.07) is 6.15. The van der Waals surface area contributed by atoms with Crippen molar-refractivity contribution < 1.29 is 14.3 Å². The van der Waals surface area contributed by atoms with Crippen LogP contribution in [0.15, 0.2) is 23.6 Å². The van der Waals surface area contributed by atoms with Gasteiger partial charge in [0.15, 0.2) is 11.5 Å². The molecule has 1 aromatic carbocycles.